The summed E-state index contributed by atoms with van der Waals surface area (Å²) in [6.07, 6.45) is 0. The van der Waals surface area contributed by atoms with Crippen LogP contribution in [0.3, 0.4) is 0 Å². The molecular formula is C21H22N4OS2. The van der Waals surface area contributed by atoms with Crippen molar-refractivity contribution in [2.24, 2.45) is 0 Å². The maximum Gasteiger partial charge on any atom is 0.186 e. The number of ether oxygens (including phenoxy) is 1. The topological polar surface area (TPSA) is 41.5 Å². The van der Waals surface area contributed by atoms with Crippen LogP contribution in [0.25, 0.3) is 20.4 Å². The third-order valence-electron chi connectivity index (χ3n) is 5.48. The highest BCUT2D eigenvalue weighted by Gasteiger charge is 2.22. The first-order valence-electron chi connectivity index (χ1n) is 9.43. The molecule has 2 aromatic carbocycles. The van der Waals surface area contributed by atoms with E-state index in [1.54, 1.807) is 29.8 Å². The van der Waals surface area contributed by atoms with E-state index in [-0.39, 0.29) is 0 Å². The molecule has 0 spiro atoms. The van der Waals surface area contributed by atoms with Crippen LogP contribution in [-0.4, -0.2) is 43.3 Å². The van der Waals surface area contributed by atoms with Gasteiger partial charge in [0.1, 0.15) is 5.75 Å². The van der Waals surface area contributed by atoms with E-state index in [2.05, 4.69) is 41.8 Å². The van der Waals surface area contributed by atoms with Crippen LogP contribution in [-0.2, 0) is 0 Å². The van der Waals surface area contributed by atoms with Gasteiger partial charge in [-0.2, -0.15) is 0 Å². The molecule has 1 saturated heterocycles. The van der Waals surface area contributed by atoms with Gasteiger partial charge in [-0.3, -0.25) is 0 Å². The van der Waals surface area contributed by atoms with Crippen LogP contribution in [0.4, 0.5) is 10.3 Å². The highest BCUT2D eigenvalue weighted by molar-refractivity contribution is 7.22. The number of methoxy groups -OCH3 is 1. The predicted octanol–water partition coefficient (Wildman–Crippen LogP) is 4.86. The van der Waals surface area contributed by atoms with Crippen LogP contribution in [0.1, 0.15) is 11.1 Å². The van der Waals surface area contributed by atoms with E-state index < -0.39 is 0 Å². The summed E-state index contributed by atoms with van der Waals surface area (Å²) < 4.78 is 7.79. The summed E-state index contributed by atoms with van der Waals surface area (Å²) in [5.74, 6) is 0.883. The smallest absolute Gasteiger partial charge is 0.186 e. The van der Waals surface area contributed by atoms with Gasteiger partial charge in [-0.05, 0) is 49.2 Å². The average Bonchev–Trinajstić information content (AvgIpc) is 3.35. The van der Waals surface area contributed by atoms with Crippen LogP contribution in [0, 0.1) is 13.8 Å². The number of piperazine rings is 1. The van der Waals surface area contributed by atoms with E-state index in [1.165, 1.54) is 20.5 Å². The molecule has 28 heavy (non-hydrogen) atoms. The fourth-order valence-electron chi connectivity index (χ4n) is 3.59. The first-order valence-corrected chi connectivity index (χ1v) is 11.1. The lowest BCUT2D eigenvalue weighted by molar-refractivity contribution is 0.415. The zero-order valence-electron chi connectivity index (χ0n) is 16.2. The molecule has 7 heteroatoms. The van der Waals surface area contributed by atoms with Gasteiger partial charge < -0.3 is 14.5 Å². The second kappa shape index (κ2) is 6.90. The molecule has 1 aliphatic rings. The molecule has 2 aromatic heterocycles. The molecule has 3 heterocycles. The number of rotatable bonds is 3. The summed E-state index contributed by atoms with van der Waals surface area (Å²) in [6, 6.07) is 10.5. The van der Waals surface area contributed by atoms with Gasteiger partial charge in [0.05, 0.1) is 27.5 Å². The van der Waals surface area contributed by atoms with Gasteiger partial charge in [-0.25, -0.2) is 9.97 Å². The van der Waals surface area contributed by atoms with Crippen molar-refractivity contribution in [1.29, 1.82) is 0 Å². The van der Waals surface area contributed by atoms with Crippen molar-refractivity contribution in [3.63, 3.8) is 0 Å². The summed E-state index contributed by atoms with van der Waals surface area (Å²) in [7, 11) is 1.70. The van der Waals surface area contributed by atoms with Crippen molar-refractivity contribution < 1.29 is 4.74 Å². The number of hydrogen-bond acceptors (Lipinski definition) is 7. The van der Waals surface area contributed by atoms with E-state index >= 15 is 0 Å². The molecule has 4 aromatic rings. The molecule has 0 aliphatic carbocycles. The fourth-order valence-corrected chi connectivity index (χ4v) is 5.72. The number of hydrogen-bond donors (Lipinski definition) is 0. The molecule has 144 valence electrons. The second-order valence-electron chi connectivity index (χ2n) is 7.15. The highest BCUT2D eigenvalue weighted by atomic mass is 32.1. The standard InChI is InChI=1S/C21H22N4OS2/c1-13-4-7-17-19(14(13)2)23-21(27-17)25-10-8-24(9-11-25)20-22-16-6-5-15(26-3)12-18(16)28-20/h4-7,12H,8-11H2,1-3H3. The normalized spacial score (nSPS) is 15.0. The van der Waals surface area contributed by atoms with Gasteiger partial charge in [0.15, 0.2) is 10.3 Å². The maximum atomic E-state index is 5.33. The Morgan fingerprint density at radius 3 is 2.25 bits per heavy atom. The van der Waals surface area contributed by atoms with Gasteiger partial charge in [0.25, 0.3) is 0 Å². The molecule has 0 atom stereocenters. The minimum Gasteiger partial charge on any atom is -0.497 e. The lowest BCUT2D eigenvalue weighted by Gasteiger charge is -2.34. The van der Waals surface area contributed by atoms with Crippen LogP contribution in [0.5, 0.6) is 5.75 Å². The van der Waals surface area contributed by atoms with Crippen LogP contribution in [0.2, 0.25) is 0 Å². The van der Waals surface area contributed by atoms with Gasteiger partial charge in [-0.15, -0.1) is 0 Å². The number of thiazole rings is 2. The molecule has 0 bridgehead atoms. The SMILES string of the molecule is COc1ccc2nc(N3CCN(c4nc5c(C)c(C)ccc5s4)CC3)sc2c1. The molecule has 1 fully saturated rings. The first-order chi connectivity index (χ1) is 13.6. The zero-order chi connectivity index (χ0) is 19.3. The largest absolute Gasteiger partial charge is 0.497 e. The number of aromatic nitrogens is 2. The summed E-state index contributed by atoms with van der Waals surface area (Å²) >= 11 is 3.54. The zero-order valence-corrected chi connectivity index (χ0v) is 17.9. The minimum absolute atomic E-state index is 0.883. The Morgan fingerprint density at radius 2 is 1.54 bits per heavy atom. The number of benzene rings is 2. The molecule has 5 nitrogen and oxygen atoms in total. The monoisotopic (exact) mass is 410 g/mol. The van der Waals surface area contributed by atoms with Crippen molar-refractivity contribution >= 4 is 53.4 Å². The van der Waals surface area contributed by atoms with E-state index in [1.807, 2.05) is 12.1 Å². The molecule has 0 unspecified atom stereocenters. The Kier molecular flexibility index (Phi) is 4.36. The Bertz CT molecular complexity index is 1160. The molecular weight excluding hydrogens is 388 g/mol. The van der Waals surface area contributed by atoms with Crippen molar-refractivity contribution in [3.05, 3.63) is 41.5 Å². The van der Waals surface area contributed by atoms with Crippen molar-refractivity contribution in [2.45, 2.75) is 13.8 Å². The van der Waals surface area contributed by atoms with Gasteiger partial charge in [0.2, 0.25) is 0 Å². The Labute approximate surface area is 172 Å². The third-order valence-corrected chi connectivity index (χ3v) is 7.64. The molecule has 0 saturated carbocycles. The van der Waals surface area contributed by atoms with Crippen molar-refractivity contribution in [2.75, 3.05) is 43.1 Å². The number of nitrogens with zero attached hydrogens (tertiary/aromatic N) is 4. The molecule has 0 amide bonds. The summed E-state index contributed by atoms with van der Waals surface area (Å²) in [4.78, 5) is 14.6. The Morgan fingerprint density at radius 1 is 0.857 bits per heavy atom. The van der Waals surface area contributed by atoms with Gasteiger partial charge in [-0.1, -0.05) is 28.7 Å². The van der Waals surface area contributed by atoms with E-state index in [0.717, 1.165) is 53.2 Å². The quantitative estimate of drug-likeness (QED) is 0.483. The Balaban J connectivity index is 1.34. The Hall–Kier alpha value is -2.38. The average molecular weight is 411 g/mol. The summed E-state index contributed by atoms with van der Waals surface area (Å²) in [6.45, 7) is 8.19. The molecule has 1 aliphatic heterocycles. The molecule has 0 N–H and O–H groups in total. The summed E-state index contributed by atoms with van der Waals surface area (Å²) in [5, 5.41) is 2.23. The number of aryl methyl sites for hydroxylation is 2. The maximum absolute atomic E-state index is 5.33. The molecule has 0 radical (unpaired) electrons. The second-order valence-corrected chi connectivity index (χ2v) is 9.17. The first kappa shape index (κ1) is 17.7. The molecule has 5 rings (SSSR count). The number of anilines is 2. The van der Waals surface area contributed by atoms with E-state index in [4.69, 9.17) is 14.7 Å². The van der Waals surface area contributed by atoms with Crippen LogP contribution >= 0.6 is 22.7 Å². The predicted molar refractivity (Wildman–Crippen MR) is 120 cm³/mol. The highest BCUT2D eigenvalue weighted by Crippen LogP contribution is 2.34. The lowest BCUT2D eigenvalue weighted by atomic mass is 10.1. The van der Waals surface area contributed by atoms with Crippen molar-refractivity contribution in [3.8, 4) is 5.75 Å². The van der Waals surface area contributed by atoms with E-state index in [9.17, 15) is 0 Å². The minimum atomic E-state index is 0.883. The third kappa shape index (κ3) is 2.99. The van der Waals surface area contributed by atoms with Crippen molar-refractivity contribution in [1.82, 2.24) is 9.97 Å². The number of fused-ring (bicyclic) bond motifs is 2. The fraction of sp³-hybridized carbons (Fsp3) is 0.333. The van der Waals surface area contributed by atoms with Crippen LogP contribution in [0.15, 0.2) is 30.3 Å². The van der Waals surface area contributed by atoms with Gasteiger partial charge >= 0.3 is 0 Å². The lowest BCUT2D eigenvalue weighted by Crippen LogP contribution is -2.46. The van der Waals surface area contributed by atoms with Gasteiger partial charge in [0, 0.05) is 26.2 Å². The van der Waals surface area contributed by atoms with E-state index in [0.29, 0.717) is 0 Å². The van der Waals surface area contributed by atoms with Crippen LogP contribution < -0.4 is 14.5 Å². The summed E-state index contributed by atoms with van der Waals surface area (Å²) in [5.41, 5.74) is 4.80.